The van der Waals surface area contributed by atoms with Crippen LogP contribution in [0.5, 0.6) is 0 Å². The van der Waals surface area contributed by atoms with Crippen LogP contribution in [-0.2, 0) is 9.53 Å². The number of ether oxygens (including phenoxy) is 1. The number of halogens is 2. The van der Waals surface area contributed by atoms with Crippen LogP contribution >= 0.6 is 0 Å². The van der Waals surface area contributed by atoms with Crippen molar-refractivity contribution >= 4 is 12.1 Å². The molecule has 1 amide bonds. The molecule has 0 unspecified atom stereocenters. The second-order valence-electron chi connectivity index (χ2n) is 4.16. The molecule has 0 aliphatic carbocycles. The number of hydrogen-bond acceptors (Lipinski definition) is 3. The number of carbonyl (C=O) groups excluding carboxylic acids is 1. The van der Waals surface area contributed by atoms with Gasteiger partial charge >= 0.3 is 12.1 Å². The van der Waals surface area contributed by atoms with Crippen molar-refractivity contribution in [1.82, 2.24) is 5.32 Å². The summed E-state index contributed by atoms with van der Waals surface area (Å²) in [6.45, 7) is 4.74. The minimum absolute atomic E-state index is 0.808. The van der Waals surface area contributed by atoms with Gasteiger partial charge < -0.3 is 15.2 Å². The van der Waals surface area contributed by atoms with Crippen LogP contribution in [0.2, 0.25) is 0 Å². The molecule has 0 heterocycles. The van der Waals surface area contributed by atoms with Gasteiger partial charge in [0.05, 0.1) is 0 Å². The van der Waals surface area contributed by atoms with E-state index < -0.39 is 36.6 Å². The third-order valence-corrected chi connectivity index (χ3v) is 1.40. The highest BCUT2D eigenvalue weighted by Gasteiger charge is 2.26. The van der Waals surface area contributed by atoms with E-state index in [2.05, 4.69) is 0 Å². The number of aliphatic carboxylic acids is 1. The summed E-state index contributed by atoms with van der Waals surface area (Å²) >= 11 is 0. The Morgan fingerprint density at radius 2 is 1.88 bits per heavy atom. The van der Waals surface area contributed by atoms with Crippen molar-refractivity contribution in [2.75, 3.05) is 0 Å². The van der Waals surface area contributed by atoms with Gasteiger partial charge in [0.1, 0.15) is 11.6 Å². The minimum Gasteiger partial charge on any atom is -0.480 e. The third kappa shape index (κ3) is 6.97. The number of carboxylic acids is 1. The van der Waals surface area contributed by atoms with Crippen LogP contribution in [0.1, 0.15) is 27.2 Å². The molecule has 94 valence electrons. The fourth-order valence-corrected chi connectivity index (χ4v) is 0.849. The lowest BCUT2D eigenvalue weighted by atomic mass is 10.2. The number of nitrogens with one attached hydrogen (secondary N) is 1. The van der Waals surface area contributed by atoms with Gasteiger partial charge in [-0.3, -0.25) is 0 Å². The number of alkyl carbamates (subject to hydrolysis) is 1. The molecule has 0 aliphatic rings. The zero-order chi connectivity index (χ0) is 12.9. The van der Waals surface area contributed by atoms with Crippen LogP contribution in [0.4, 0.5) is 13.6 Å². The predicted octanol–water partition coefficient (Wildman–Crippen LogP) is 1.62. The first-order valence-electron chi connectivity index (χ1n) is 4.62. The number of amides is 1. The van der Waals surface area contributed by atoms with Crippen molar-refractivity contribution in [2.45, 2.75) is 45.3 Å². The average molecular weight is 239 g/mol. The molecule has 0 aliphatic heterocycles. The van der Waals surface area contributed by atoms with E-state index in [1.165, 1.54) is 0 Å². The molecular weight excluding hydrogens is 224 g/mol. The lowest BCUT2D eigenvalue weighted by molar-refractivity contribution is -0.140. The van der Waals surface area contributed by atoms with Crippen LogP contribution in [0.3, 0.4) is 0 Å². The monoisotopic (exact) mass is 239 g/mol. The van der Waals surface area contributed by atoms with Crippen molar-refractivity contribution in [3.8, 4) is 0 Å². The summed E-state index contributed by atoms with van der Waals surface area (Å²) < 4.78 is 28.7. The molecule has 0 bridgehead atoms. The molecule has 1 atom stereocenters. The number of carboxylic acid groups (broad SMARTS) is 1. The molecule has 0 fully saturated rings. The van der Waals surface area contributed by atoms with Crippen molar-refractivity contribution in [3.63, 3.8) is 0 Å². The standard InChI is InChI=1S/C9H15F2NO4/c1-9(2,3)16-8(15)12-5(7(13)14)4-6(10)11/h5-6H,4H2,1-3H3,(H,12,15)(H,13,14)/t5-/m1/s1. The lowest BCUT2D eigenvalue weighted by Crippen LogP contribution is -2.44. The van der Waals surface area contributed by atoms with Crippen LogP contribution in [0.15, 0.2) is 0 Å². The fourth-order valence-electron chi connectivity index (χ4n) is 0.849. The number of hydrogen-bond donors (Lipinski definition) is 2. The number of rotatable bonds is 4. The van der Waals surface area contributed by atoms with Crippen LogP contribution in [0, 0.1) is 0 Å². The second kappa shape index (κ2) is 5.62. The number of alkyl halides is 2. The van der Waals surface area contributed by atoms with Crippen molar-refractivity contribution in [1.29, 1.82) is 0 Å². The van der Waals surface area contributed by atoms with Crippen LogP contribution < -0.4 is 5.32 Å². The molecule has 0 rings (SSSR count). The number of carbonyl (C=O) groups is 2. The van der Waals surface area contributed by atoms with Gasteiger partial charge in [-0.1, -0.05) is 0 Å². The molecule has 0 saturated carbocycles. The largest absolute Gasteiger partial charge is 0.480 e. The Hall–Kier alpha value is -1.40. The molecule has 0 spiro atoms. The first kappa shape index (κ1) is 14.6. The molecule has 0 saturated heterocycles. The minimum atomic E-state index is -2.81. The Morgan fingerprint density at radius 1 is 1.38 bits per heavy atom. The molecule has 5 nitrogen and oxygen atoms in total. The maximum atomic E-state index is 12.0. The second-order valence-corrected chi connectivity index (χ2v) is 4.16. The van der Waals surface area contributed by atoms with Gasteiger partial charge in [-0.25, -0.2) is 18.4 Å². The van der Waals surface area contributed by atoms with Crippen LogP contribution in [-0.4, -0.2) is 35.2 Å². The quantitative estimate of drug-likeness (QED) is 0.781. The van der Waals surface area contributed by atoms with E-state index >= 15 is 0 Å². The van der Waals surface area contributed by atoms with Crippen molar-refractivity contribution < 1.29 is 28.2 Å². The van der Waals surface area contributed by atoms with Gasteiger partial charge in [-0.05, 0) is 20.8 Å². The Bertz CT molecular complexity index is 263. The van der Waals surface area contributed by atoms with E-state index in [0.29, 0.717) is 0 Å². The SMILES string of the molecule is CC(C)(C)OC(=O)N[C@H](CC(F)F)C(=O)O. The summed E-state index contributed by atoms with van der Waals surface area (Å²) in [4.78, 5) is 21.6. The van der Waals surface area contributed by atoms with Crippen molar-refractivity contribution in [3.05, 3.63) is 0 Å². The maximum Gasteiger partial charge on any atom is 0.408 e. The van der Waals surface area contributed by atoms with E-state index in [1.54, 1.807) is 20.8 Å². The van der Waals surface area contributed by atoms with E-state index in [4.69, 9.17) is 9.84 Å². The molecular formula is C9H15F2NO4. The maximum absolute atomic E-state index is 12.0. The zero-order valence-electron chi connectivity index (χ0n) is 9.29. The van der Waals surface area contributed by atoms with E-state index in [1.807, 2.05) is 5.32 Å². The summed E-state index contributed by atoms with van der Waals surface area (Å²) in [6, 6.07) is -1.64. The van der Waals surface area contributed by atoms with Gasteiger partial charge in [0.15, 0.2) is 0 Å². The molecule has 0 aromatic rings. The molecule has 0 aromatic carbocycles. The summed E-state index contributed by atoms with van der Waals surface area (Å²) in [5.74, 6) is -1.52. The van der Waals surface area contributed by atoms with E-state index in [9.17, 15) is 18.4 Å². The van der Waals surface area contributed by atoms with Crippen molar-refractivity contribution in [2.24, 2.45) is 0 Å². The highest BCUT2D eigenvalue weighted by atomic mass is 19.3. The Labute approximate surface area is 91.8 Å². The van der Waals surface area contributed by atoms with Gasteiger partial charge in [0, 0.05) is 6.42 Å². The normalized spacial score (nSPS) is 13.4. The molecule has 2 N–H and O–H groups in total. The highest BCUT2D eigenvalue weighted by molar-refractivity contribution is 5.79. The molecule has 16 heavy (non-hydrogen) atoms. The van der Waals surface area contributed by atoms with Gasteiger partial charge in [-0.2, -0.15) is 0 Å². The van der Waals surface area contributed by atoms with E-state index in [0.717, 1.165) is 0 Å². The predicted molar refractivity (Wildman–Crippen MR) is 51.4 cm³/mol. The van der Waals surface area contributed by atoms with Crippen LogP contribution in [0.25, 0.3) is 0 Å². The van der Waals surface area contributed by atoms with Gasteiger partial charge in [0.25, 0.3) is 0 Å². The average Bonchev–Trinajstić information content (AvgIpc) is 1.97. The Morgan fingerprint density at radius 3 is 2.19 bits per heavy atom. The fraction of sp³-hybridized carbons (Fsp3) is 0.778. The summed E-state index contributed by atoms with van der Waals surface area (Å²) in [7, 11) is 0. The zero-order valence-corrected chi connectivity index (χ0v) is 9.29. The summed E-state index contributed by atoms with van der Waals surface area (Å²) in [6.07, 6.45) is -4.79. The van der Waals surface area contributed by atoms with E-state index in [-0.39, 0.29) is 0 Å². The highest BCUT2D eigenvalue weighted by Crippen LogP contribution is 2.09. The lowest BCUT2D eigenvalue weighted by Gasteiger charge is -2.21. The topological polar surface area (TPSA) is 75.6 Å². The summed E-state index contributed by atoms with van der Waals surface area (Å²) in [5, 5.41) is 10.4. The summed E-state index contributed by atoms with van der Waals surface area (Å²) in [5.41, 5.74) is -0.808. The smallest absolute Gasteiger partial charge is 0.408 e. The molecule has 0 aromatic heterocycles. The van der Waals surface area contributed by atoms with Gasteiger partial charge in [-0.15, -0.1) is 0 Å². The Balaban J connectivity index is 4.30. The Kier molecular flexibility index (Phi) is 5.13. The van der Waals surface area contributed by atoms with Gasteiger partial charge in [0.2, 0.25) is 6.43 Å². The third-order valence-electron chi connectivity index (χ3n) is 1.40. The first-order valence-corrected chi connectivity index (χ1v) is 4.62. The molecule has 0 radical (unpaired) electrons. The first-order chi connectivity index (χ1) is 7.11. The molecule has 7 heteroatoms.